The zero-order chi connectivity index (χ0) is 25.4. The molecule has 1 atom stereocenters. The molecule has 0 radical (unpaired) electrons. The molecule has 9 nitrogen and oxygen atoms in total. The quantitative estimate of drug-likeness (QED) is 0.316. The van der Waals surface area contributed by atoms with Crippen LogP contribution in [0.1, 0.15) is 41.2 Å². The molecule has 0 spiro atoms. The van der Waals surface area contributed by atoms with Gasteiger partial charge in [0.25, 0.3) is 0 Å². The number of aliphatic hydroxyl groups is 1. The number of nitrogens with one attached hydrogen (secondary N) is 1. The van der Waals surface area contributed by atoms with Crippen LogP contribution in [0.3, 0.4) is 0 Å². The SMILES string of the molecule is CCn1ncc(CN(C)C(O)c2cc(-c3cc4[nH]cnc4c(C)n3)nc3ccc(COC)cc23)c1C. The number of H-pyrrole nitrogens is 1. The highest BCUT2D eigenvalue weighted by Crippen LogP contribution is 2.32. The van der Waals surface area contributed by atoms with Crippen molar-refractivity contribution < 1.29 is 9.84 Å². The largest absolute Gasteiger partial charge is 0.380 e. The first-order valence-corrected chi connectivity index (χ1v) is 12.0. The highest BCUT2D eigenvalue weighted by molar-refractivity contribution is 5.87. The van der Waals surface area contributed by atoms with Crippen LogP contribution in [-0.2, 0) is 24.4 Å². The average molecular weight is 486 g/mol. The van der Waals surface area contributed by atoms with Gasteiger partial charge in [-0.1, -0.05) is 6.07 Å². The van der Waals surface area contributed by atoms with Gasteiger partial charge in [0.1, 0.15) is 11.7 Å². The van der Waals surface area contributed by atoms with Crippen LogP contribution in [0.15, 0.2) is 42.9 Å². The minimum absolute atomic E-state index is 0.482. The standard InChI is InChI=1S/C27H31N7O2/c1-6-34-17(3)19(12-30-34)13-33(4)27(35)21-10-23(24-11-25-26(16(2)31-24)29-15-28-25)32-22-8-7-18(14-36-5)9-20(21)22/h7-12,15,27,35H,6,13-14H2,1-5H3,(H,28,29). The summed E-state index contributed by atoms with van der Waals surface area (Å²) >= 11 is 0. The van der Waals surface area contributed by atoms with Crippen molar-refractivity contribution in [2.45, 2.75) is 46.7 Å². The second-order valence-corrected chi connectivity index (χ2v) is 9.13. The van der Waals surface area contributed by atoms with Gasteiger partial charge in [0.05, 0.1) is 47.2 Å². The van der Waals surface area contributed by atoms with Gasteiger partial charge in [-0.3, -0.25) is 9.58 Å². The van der Waals surface area contributed by atoms with Gasteiger partial charge in [-0.05, 0) is 57.6 Å². The number of ether oxygens (including phenoxy) is 1. The lowest BCUT2D eigenvalue weighted by molar-refractivity contribution is 0.0162. The molecule has 0 bridgehead atoms. The molecule has 2 N–H and O–H groups in total. The van der Waals surface area contributed by atoms with E-state index in [1.807, 2.05) is 60.1 Å². The van der Waals surface area contributed by atoms with Crippen LogP contribution < -0.4 is 0 Å². The average Bonchev–Trinajstić information content (AvgIpc) is 3.50. The van der Waals surface area contributed by atoms with Gasteiger partial charge in [0.2, 0.25) is 0 Å². The molecule has 0 aliphatic carbocycles. The second kappa shape index (κ2) is 9.77. The zero-order valence-electron chi connectivity index (χ0n) is 21.3. The summed E-state index contributed by atoms with van der Waals surface area (Å²) in [5.41, 5.74) is 8.73. The topological polar surface area (TPSA) is 105 Å². The lowest BCUT2D eigenvalue weighted by Crippen LogP contribution is -2.24. The number of aliphatic hydroxyl groups excluding tert-OH is 1. The first-order chi connectivity index (χ1) is 17.4. The van der Waals surface area contributed by atoms with Crippen molar-refractivity contribution in [3.63, 3.8) is 0 Å². The van der Waals surface area contributed by atoms with Crippen molar-refractivity contribution in [3.05, 3.63) is 70.9 Å². The number of hydrogen-bond acceptors (Lipinski definition) is 7. The molecule has 0 amide bonds. The van der Waals surface area contributed by atoms with Crippen molar-refractivity contribution in [1.29, 1.82) is 0 Å². The highest BCUT2D eigenvalue weighted by Gasteiger charge is 2.21. The van der Waals surface area contributed by atoms with E-state index in [9.17, 15) is 5.11 Å². The number of pyridine rings is 2. The smallest absolute Gasteiger partial charge is 0.134 e. The molecule has 0 saturated heterocycles. The molecular weight excluding hydrogens is 454 g/mol. The summed E-state index contributed by atoms with van der Waals surface area (Å²) in [6, 6.07) is 9.90. The monoisotopic (exact) mass is 485 g/mol. The van der Waals surface area contributed by atoms with E-state index in [0.29, 0.717) is 18.8 Å². The predicted octanol–water partition coefficient (Wildman–Crippen LogP) is 4.28. The van der Waals surface area contributed by atoms with E-state index >= 15 is 0 Å². The summed E-state index contributed by atoms with van der Waals surface area (Å²) in [7, 11) is 3.59. The molecule has 5 rings (SSSR count). The fraction of sp³-hybridized carbons (Fsp3) is 0.333. The fourth-order valence-corrected chi connectivity index (χ4v) is 4.69. The molecule has 0 fully saturated rings. The van der Waals surface area contributed by atoms with E-state index in [2.05, 4.69) is 28.9 Å². The molecular formula is C27H31N7O2. The number of aromatic amines is 1. The van der Waals surface area contributed by atoms with Gasteiger partial charge in [-0.25, -0.2) is 15.0 Å². The van der Waals surface area contributed by atoms with Gasteiger partial charge >= 0.3 is 0 Å². The Morgan fingerprint density at radius 2 is 1.94 bits per heavy atom. The van der Waals surface area contributed by atoms with E-state index < -0.39 is 6.23 Å². The van der Waals surface area contributed by atoms with Gasteiger partial charge in [0.15, 0.2) is 0 Å². The highest BCUT2D eigenvalue weighted by atomic mass is 16.5. The van der Waals surface area contributed by atoms with Crippen molar-refractivity contribution in [3.8, 4) is 11.4 Å². The lowest BCUT2D eigenvalue weighted by Gasteiger charge is -2.25. The molecule has 36 heavy (non-hydrogen) atoms. The number of hydrogen-bond donors (Lipinski definition) is 2. The molecule has 0 saturated carbocycles. The molecule has 1 aromatic carbocycles. The van der Waals surface area contributed by atoms with Crippen molar-refractivity contribution in [2.75, 3.05) is 14.2 Å². The van der Waals surface area contributed by atoms with Crippen LogP contribution in [-0.4, -0.2) is 53.9 Å². The molecule has 5 aromatic rings. The summed E-state index contributed by atoms with van der Waals surface area (Å²) in [4.78, 5) is 19.1. The van der Waals surface area contributed by atoms with Crippen molar-refractivity contribution in [1.82, 2.24) is 34.6 Å². The molecule has 0 aliphatic rings. The minimum atomic E-state index is -0.867. The lowest BCUT2D eigenvalue weighted by atomic mass is 10.0. The number of aromatic nitrogens is 6. The van der Waals surface area contributed by atoms with E-state index in [1.165, 1.54) is 0 Å². The van der Waals surface area contributed by atoms with Crippen LogP contribution in [0.25, 0.3) is 33.3 Å². The number of imidazole rings is 1. The van der Waals surface area contributed by atoms with E-state index in [0.717, 1.165) is 62.3 Å². The third-order valence-corrected chi connectivity index (χ3v) is 6.68. The summed E-state index contributed by atoms with van der Waals surface area (Å²) in [6.07, 6.45) is 2.68. The Bertz CT molecular complexity index is 1540. The Morgan fingerprint density at radius 3 is 2.69 bits per heavy atom. The van der Waals surface area contributed by atoms with Crippen LogP contribution in [0.4, 0.5) is 0 Å². The summed E-state index contributed by atoms with van der Waals surface area (Å²) in [5, 5.41) is 16.9. The summed E-state index contributed by atoms with van der Waals surface area (Å²) in [6.45, 7) is 7.92. The Labute approximate surface area is 209 Å². The van der Waals surface area contributed by atoms with Crippen LogP contribution in [0.5, 0.6) is 0 Å². The molecule has 9 heteroatoms. The van der Waals surface area contributed by atoms with E-state index in [4.69, 9.17) is 14.7 Å². The van der Waals surface area contributed by atoms with Gasteiger partial charge in [-0.15, -0.1) is 0 Å². The second-order valence-electron chi connectivity index (χ2n) is 9.13. The third-order valence-electron chi connectivity index (χ3n) is 6.68. The number of nitrogens with zero attached hydrogens (tertiary/aromatic N) is 6. The normalized spacial score (nSPS) is 12.8. The minimum Gasteiger partial charge on any atom is -0.380 e. The van der Waals surface area contributed by atoms with Gasteiger partial charge in [0, 0.05) is 42.4 Å². The Kier molecular flexibility index (Phi) is 6.53. The molecule has 4 aromatic heterocycles. The maximum atomic E-state index is 11.6. The number of benzene rings is 1. The van der Waals surface area contributed by atoms with E-state index in [1.54, 1.807) is 13.4 Å². The number of rotatable bonds is 8. The Morgan fingerprint density at radius 1 is 1.14 bits per heavy atom. The molecule has 186 valence electrons. The van der Waals surface area contributed by atoms with E-state index in [-0.39, 0.29) is 0 Å². The van der Waals surface area contributed by atoms with Gasteiger partial charge < -0.3 is 14.8 Å². The number of aryl methyl sites for hydroxylation is 2. The molecule has 4 heterocycles. The summed E-state index contributed by atoms with van der Waals surface area (Å²) in [5.74, 6) is 0. The number of fused-ring (bicyclic) bond motifs is 2. The predicted molar refractivity (Wildman–Crippen MR) is 139 cm³/mol. The van der Waals surface area contributed by atoms with Gasteiger partial charge in [-0.2, -0.15) is 5.10 Å². The first kappa shape index (κ1) is 24.1. The third kappa shape index (κ3) is 4.37. The fourth-order valence-electron chi connectivity index (χ4n) is 4.69. The Balaban J connectivity index is 1.60. The number of methoxy groups -OCH3 is 1. The van der Waals surface area contributed by atoms with Crippen LogP contribution >= 0.6 is 0 Å². The molecule has 0 aliphatic heterocycles. The Hall–Kier alpha value is -3.66. The zero-order valence-corrected chi connectivity index (χ0v) is 21.3. The first-order valence-electron chi connectivity index (χ1n) is 12.0. The summed E-state index contributed by atoms with van der Waals surface area (Å²) < 4.78 is 7.31. The van der Waals surface area contributed by atoms with Crippen LogP contribution in [0, 0.1) is 13.8 Å². The maximum Gasteiger partial charge on any atom is 0.134 e. The molecule has 1 unspecified atom stereocenters. The van der Waals surface area contributed by atoms with Crippen molar-refractivity contribution in [2.24, 2.45) is 0 Å². The maximum absolute atomic E-state index is 11.6. The van der Waals surface area contributed by atoms with Crippen molar-refractivity contribution >= 4 is 21.9 Å². The van der Waals surface area contributed by atoms with Crippen LogP contribution in [0.2, 0.25) is 0 Å².